The lowest BCUT2D eigenvalue weighted by atomic mass is 10.1. The van der Waals surface area contributed by atoms with E-state index < -0.39 is 6.04 Å². The summed E-state index contributed by atoms with van der Waals surface area (Å²) < 4.78 is 5.62. The van der Waals surface area contributed by atoms with Gasteiger partial charge in [-0.25, -0.2) is 0 Å². The molecular weight excluding hydrogens is 352 g/mol. The van der Waals surface area contributed by atoms with Crippen LogP contribution < -0.4 is 10.1 Å². The second kappa shape index (κ2) is 9.40. The number of carbonyl (C=O) groups is 2. The molecule has 0 bridgehead atoms. The average Bonchev–Trinajstić information content (AvgIpc) is 2.64. The first kappa shape index (κ1) is 21.5. The number of carbonyl (C=O) groups excluding carboxylic acids is 2. The van der Waals surface area contributed by atoms with Gasteiger partial charge < -0.3 is 15.0 Å². The van der Waals surface area contributed by atoms with Gasteiger partial charge in [-0.1, -0.05) is 42.5 Å². The third kappa shape index (κ3) is 6.41. The molecule has 1 atom stereocenters. The van der Waals surface area contributed by atoms with Gasteiger partial charge in [-0.2, -0.15) is 0 Å². The van der Waals surface area contributed by atoms with Crippen molar-refractivity contribution in [1.29, 1.82) is 0 Å². The first-order valence-electron chi connectivity index (χ1n) is 9.51. The fourth-order valence-corrected chi connectivity index (χ4v) is 2.77. The van der Waals surface area contributed by atoms with Crippen molar-refractivity contribution in [2.45, 2.75) is 52.7 Å². The molecule has 2 aromatic rings. The van der Waals surface area contributed by atoms with E-state index in [0.29, 0.717) is 12.3 Å². The molecule has 0 fully saturated rings. The van der Waals surface area contributed by atoms with E-state index in [1.807, 2.05) is 70.2 Å². The maximum atomic E-state index is 13.0. The Labute approximate surface area is 167 Å². The van der Waals surface area contributed by atoms with Gasteiger partial charge in [-0.15, -0.1) is 0 Å². The summed E-state index contributed by atoms with van der Waals surface area (Å²) in [6.45, 7) is 9.74. The number of benzene rings is 2. The second-order valence-electron chi connectivity index (χ2n) is 7.97. The third-order valence-electron chi connectivity index (χ3n) is 4.37. The van der Waals surface area contributed by atoms with Gasteiger partial charge in [0, 0.05) is 12.1 Å². The molecule has 28 heavy (non-hydrogen) atoms. The van der Waals surface area contributed by atoms with Crippen molar-refractivity contribution in [2.75, 3.05) is 6.61 Å². The Balaban J connectivity index is 2.18. The van der Waals surface area contributed by atoms with Crippen molar-refractivity contribution in [2.24, 2.45) is 0 Å². The van der Waals surface area contributed by atoms with Crippen LogP contribution >= 0.6 is 0 Å². The van der Waals surface area contributed by atoms with Crippen molar-refractivity contribution in [3.8, 4) is 5.75 Å². The number of hydrogen-bond acceptors (Lipinski definition) is 3. The molecule has 0 aliphatic heterocycles. The Morgan fingerprint density at radius 3 is 2.25 bits per heavy atom. The zero-order chi connectivity index (χ0) is 20.7. The fourth-order valence-electron chi connectivity index (χ4n) is 2.77. The third-order valence-corrected chi connectivity index (χ3v) is 4.37. The normalized spacial score (nSPS) is 12.2. The SMILES string of the molecule is Cc1ccccc1CN(C(=O)COc1ccccc1)[C@H](C)C(=O)NC(C)(C)C. The smallest absolute Gasteiger partial charge is 0.261 e. The molecule has 0 saturated carbocycles. The zero-order valence-electron chi connectivity index (χ0n) is 17.4. The number of amides is 2. The van der Waals surface area contributed by atoms with Crippen molar-refractivity contribution in [3.63, 3.8) is 0 Å². The summed E-state index contributed by atoms with van der Waals surface area (Å²) in [5, 5.41) is 2.95. The van der Waals surface area contributed by atoms with Crippen LogP contribution in [0.3, 0.4) is 0 Å². The summed E-state index contributed by atoms with van der Waals surface area (Å²) in [4.78, 5) is 27.2. The fraction of sp³-hybridized carbons (Fsp3) is 0.391. The van der Waals surface area contributed by atoms with Crippen molar-refractivity contribution in [1.82, 2.24) is 10.2 Å². The first-order chi connectivity index (χ1) is 13.2. The molecule has 1 N–H and O–H groups in total. The topological polar surface area (TPSA) is 58.6 Å². The van der Waals surface area contributed by atoms with E-state index in [0.717, 1.165) is 11.1 Å². The van der Waals surface area contributed by atoms with Gasteiger partial charge in [-0.05, 0) is 57.9 Å². The van der Waals surface area contributed by atoms with E-state index in [2.05, 4.69) is 5.32 Å². The number of hydrogen-bond donors (Lipinski definition) is 1. The van der Waals surface area contributed by atoms with Crippen LogP contribution in [0.25, 0.3) is 0 Å². The van der Waals surface area contributed by atoms with Crippen LogP contribution in [0.2, 0.25) is 0 Å². The van der Waals surface area contributed by atoms with Crippen LogP contribution in [-0.2, 0) is 16.1 Å². The number of aryl methyl sites for hydroxylation is 1. The molecule has 150 valence electrons. The summed E-state index contributed by atoms with van der Waals surface area (Å²) in [5.74, 6) is 0.205. The molecule has 2 amide bonds. The van der Waals surface area contributed by atoms with Crippen LogP contribution in [0.5, 0.6) is 5.75 Å². The van der Waals surface area contributed by atoms with E-state index in [9.17, 15) is 9.59 Å². The van der Waals surface area contributed by atoms with Gasteiger partial charge in [0.1, 0.15) is 11.8 Å². The molecule has 5 nitrogen and oxygen atoms in total. The van der Waals surface area contributed by atoms with Crippen LogP contribution in [0, 0.1) is 6.92 Å². The highest BCUT2D eigenvalue weighted by molar-refractivity contribution is 5.88. The van der Waals surface area contributed by atoms with Crippen molar-refractivity contribution in [3.05, 3.63) is 65.7 Å². The van der Waals surface area contributed by atoms with Crippen LogP contribution in [0.4, 0.5) is 0 Å². The van der Waals surface area contributed by atoms with Crippen LogP contribution in [0.15, 0.2) is 54.6 Å². The van der Waals surface area contributed by atoms with Crippen molar-refractivity contribution >= 4 is 11.8 Å². The molecule has 0 spiro atoms. The van der Waals surface area contributed by atoms with Gasteiger partial charge in [-0.3, -0.25) is 9.59 Å². The molecule has 2 rings (SSSR count). The summed E-state index contributed by atoms with van der Waals surface area (Å²) in [5.41, 5.74) is 1.71. The lowest BCUT2D eigenvalue weighted by molar-refractivity contribution is -0.142. The maximum absolute atomic E-state index is 13.0. The van der Waals surface area contributed by atoms with Gasteiger partial charge in [0.15, 0.2) is 6.61 Å². The van der Waals surface area contributed by atoms with Gasteiger partial charge >= 0.3 is 0 Å². The lowest BCUT2D eigenvalue weighted by Crippen LogP contribution is -2.53. The molecule has 0 unspecified atom stereocenters. The number of para-hydroxylation sites is 1. The largest absolute Gasteiger partial charge is 0.484 e. The number of ether oxygens (including phenoxy) is 1. The van der Waals surface area contributed by atoms with E-state index in [1.54, 1.807) is 24.0 Å². The molecular formula is C23H30N2O3. The van der Waals surface area contributed by atoms with Gasteiger partial charge in [0.25, 0.3) is 5.91 Å². The molecule has 5 heteroatoms. The second-order valence-corrected chi connectivity index (χ2v) is 7.97. The summed E-state index contributed by atoms with van der Waals surface area (Å²) in [6.07, 6.45) is 0. The highest BCUT2D eigenvalue weighted by Gasteiger charge is 2.28. The number of rotatable bonds is 7. The highest BCUT2D eigenvalue weighted by atomic mass is 16.5. The highest BCUT2D eigenvalue weighted by Crippen LogP contribution is 2.15. The minimum absolute atomic E-state index is 0.122. The molecule has 0 aliphatic carbocycles. The molecule has 0 heterocycles. The monoisotopic (exact) mass is 382 g/mol. The molecule has 0 aromatic heterocycles. The zero-order valence-corrected chi connectivity index (χ0v) is 17.4. The summed E-state index contributed by atoms with van der Waals surface area (Å²) >= 11 is 0. The Kier molecular flexibility index (Phi) is 7.21. The Hall–Kier alpha value is -2.82. The van der Waals surface area contributed by atoms with E-state index in [1.165, 1.54) is 0 Å². The Bertz CT molecular complexity index is 797. The predicted octanol–water partition coefficient (Wildman–Crippen LogP) is 3.71. The minimum Gasteiger partial charge on any atom is -0.484 e. The lowest BCUT2D eigenvalue weighted by Gasteiger charge is -2.31. The maximum Gasteiger partial charge on any atom is 0.261 e. The van der Waals surface area contributed by atoms with Crippen LogP contribution in [-0.4, -0.2) is 34.9 Å². The molecule has 0 radical (unpaired) electrons. The minimum atomic E-state index is -0.620. The van der Waals surface area contributed by atoms with Gasteiger partial charge in [0.05, 0.1) is 0 Å². The average molecular weight is 383 g/mol. The first-order valence-corrected chi connectivity index (χ1v) is 9.51. The molecule has 0 saturated heterocycles. The number of nitrogens with one attached hydrogen (secondary N) is 1. The van der Waals surface area contributed by atoms with E-state index in [-0.39, 0.29) is 24.0 Å². The summed E-state index contributed by atoms with van der Waals surface area (Å²) in [6, 6.07) is 16.4. The quantitative estimate of drug-likeness (QED) is 0.794. The number of nitrogens with zero attached hydrogens (tertiary/aromatic N) is 1. The predicted molar refractivity (Wildman–Crippen MR) is 111 cm³/mol. The Morgan fingerprint density at radius 2 is 1.64 bits per heavy atom. The van der Waals surface area contributed by atoms with E-state index >= 15 is 0 Å². The van der Waals surface area contributed by atoms with Crippen LogP contribution in [0.1, 0.15) is 38.8 Å². The van der Waals surface area contributed by atoms with E-state index in [4.69, 9.17) is 4.74 Å². The molecule has 2 aromatic carbocycles. The Morgan fingerprint density at radius 1 is 1.04 bits per heavy atom. The molecule has 0 aliphatic rings. The van der Waals surface area contributed by atoms with Gasteiger partial charge in [0.2, 0.25) is 5.91 Å². The summed E-state index contributed by atoms with van der Waals surface area (Å²) in [7, 11) is 0. The standard InChI is InChI=1S/C23H30N2O3/c1-17-11-9-10-12-19(17)15-25(18(2)22(27)24-23(3,4)5)21(26)16-28-20-13-7-6-8-14-20/h6-14,18H,15-16H2,1-5H3,(H,24,27)/t18-/m1/s1. The van der Waals surface area contributed by atoms with Crippen molar-refractivity contribution < 1.29 is 14.3 Å².